The molecule has 1 aromatic heterocycles. The number of rotatable bonds is 4. The molecule has 1 N–H and O–H groups in total. The molecule has 144 valence electrons. The first-order valence-electron chi connectivity index (χ1n) is 9.76. The van der Waals surface area contributed by atoms with Gasteiger partial charge in [0.25, 0.3) is 5.56 Å². The van der Waals surface area contributed by atoms with Gasteiger partial charge in [0.1, 0.15) is 5.82 Å². The van der Waals surface area contributed by atoms with Crippen LogP contribution in [-0.2, 0) is 26.8 Å². The van der Waals surface area contributed by atoms with Crippen LogP contribution in [-0.4, -0.2) is 47.1 Å². The lowest BCUT2D eigenvalue weighted by molar-refractivity contribution is -0.134. The van der Waals surface area contributed by atoms with Crippen LogP contribution < -0.4 is 5.56 Å². The maximum atomic E-state index is 12.6. The summed E-state index contributed by atoms with van der Waals surface area (Å²) in [5.74, 6) is 0.884. The van der Waals surface area contributed by atoms with Gasteiger partial charge < -0.3 is 14.6 Å². The summed E-state index contributed by atoms with van der Waals surface area (Å²) in [5, 5.41) is 0. The number of H-pyrrole nitrogens is 1. The first kappa shape index (κ1) is 19.1. The fourth-order valence-corrected chi connectivity index (χ4v) is 4.21. The van der Waals surface area contributed by atoms with E-state index in [1.807, 2.05) is 11.8 Å². The number of piperidine rings is 1. The minimum Gasteiger partial charge on any atom is -0.381 e. The second kappa shape index (κ2) is 7.14. The number of carbonyl (C=O) groups excluding carboxylic acids is 1. The lowest BCUT2D eigenvalue weighted by atomic mass is 9.77. The molecular weight excluding hydrogens is 330 g/mol. The highest BCUT2D eigenvalue weighted by Gasteiger charge is 2.45. The van der Waals surface area contributed by atoms with E-state index in [4.69, 9.17) is 9.72 Å². The molecule has 0 saturated carbocycles. The van der Waals surface area contributed by atoms with Gasteiger partial charge >= 0.3 is 0 Å². The zero-order valence-electron chi connectivity index (χ0n) is 16.5. The normalized spacial score (nSPS) is 22.7. The molecule has 1 aromatic rings. The van der Waals surface area contributed by atoms with Crippen molar-refractivity contribution < 1.29 is 9.53 Å². The summed E-state index contributed by atoms with van der Waals surface area (Å²) < 4.78 is 5.33. The molecular formula is C20H31N3O3. The number of aromatic nitrogens is 2. The van der Waals surface area contributed by atoms with Gasteiger partial charge in [0.15, 0.2) is 0 Å². The van der Waals surface area contributed by atoms with E-state index in [0.29, 0.717) is 26.2 Å². The molecule has 3 rings (SSSR count). The van der Waals surface area contributed by atoms with Gasteiger partial charge in [0.2, 0.25) is 5.91 Å². The molecule has 0 aromatic carbocycles. The number of hydrogen-bond acceptors (Lipinski definition) is 4. The molecule has 26 heavy (non-hydrogen) atoms. The topological polar surface area (TPSA) is 75.3 Å². The Hall–Kier alpha value is -1.69. The average Bonchev–Trinajstić information content (AvgIpc) is 2.93. The minimum absolute atomic E-state index is 0.00315. The van der Waals surface area contributed by atoms with Gasteiger partial charge in [0, 0.05) is 36.1 Å². The third-order valence-electron chi connectivity index (χ3n) is 5.68. The van der Waals surface area contributed by atoms with Crippen molar-refractivity contribution in [2.24, 2.45) is 0 Å². The van der Waals surface area contributed by atoms with Gasteiger partial charge in [-0.3, -0.25) is 9.59 Å². The zero-order valence-corrected chi connectivity index (χ0v) is 16.5. The fourth-order valence-electron chi connectivity index (χ4n) is 4.21. The summed E-state index contributed by atoms with van der Waals surface area (Å²) in [6, 6.07) is 0. The Morgan fingerprint density at radius 3 is 2.81 bits per heavy atom. The number of likely N-dealkylation sites (tertiary alicyclic amines) is 1. The van der Waals surface area contributed by atoms with Crippen molar-refractivity contribution in [1.29, 1.82) is 0 Å². The molecule has 1 amide bonds. The molecule has 6 nitrogen and oxygen atoms in total. The van der Waals surface area contributed by atoms with Crippen LogP contribution in [0, 0.1) is 0 Å². The Morgan fingerprint density at radius 2 is 2.12 bits per heavy atom. The molecule has 1 aliphatic heterocycles. The highest BCUT2D eigenvalue weighted by atomic mass is 16.5. The Labute approximate surface area is 155 Å². The predicted octanol–water partition coefficient (Wildman–Crippen LogP) is 2.30. The highest BCUT2D eigenvalue weighted by molar-refractivity contribution is 5.76. The van der Waals surface area contributed by atoms with E-state index < -0.39 is 0 Å². The lowest BCUT2D eigenvalue weighted by Gasteiger charge is -2.40. The number of aromatic amines is 1. The molecule has 1 spiro atoms. The summed E-state index contributed by atoms with van der Waals surface area (Å²) in [7, 11) is 0. The summed E-state index contributed by atoms with van der Waals surface area (Å²) >= 11 is 0. The van der Waals surface area contributed by atoms with E-state index in [0.717, 1.165) is 49.3 Å². The van der Waals surface area contributed by atoms with E-state index >= 15 is 0 Å². The van der Waals surface area contributed by atoms with Gasteiger partial charge in [-0.2, -0.15) is 0 Å². The van der Waals surface area contributed by atoms with Crippen molar-refractivity contribution >= 4 is 5.91 Å². The summed E-state index contributed by atoms with van der Waals surface area (Å²) in [6.45, 7) is 10.7. The maximum absolute atomic E-state index is 12.6. The molecule has 1 atom stereocenters. The van der Waals surface area contributed by atoms with E-state index in [2.05, 4.69) is 25.8 Å². The molecule has 1 fully saturated rings. The van der Waals surface area contributed by atoms with Gasteiger partial charge in [0.05, 0.1) is 18.7 Å². The van der Waals surface area contributed by atoms with Crippen molar-refractivity contribution in [2.45, 2.75) is 70.6 Å². The number of fused-ring (bicyclic) bond motifs is 2. The molecule has 2 aliphatic rings. The Bertz CT molecular complexity index is 735. The number of hydrogen-bond donors (Lipinski definition) is 1. The van der Waals surface area contributed by atoms with Crippen molar-refractivity contribution in [3.05, 3.63) is 27.4 Å². The number of nitrogens with zero attached hydrogens (tertiary/aromatic N) is 2. The van der Waals surface area contributed by atoms with Crippen LogP contribution in [0.3, 0.4) is 0 Å². The molecule has 1 aliphatic carbocycles. The molecule has 6 heteroatoms. The lowest BCUT2D eigenvalue weighted by Crippen LogP contribution is -2.48. The van der Waals surface area contributed by atoms with Gasteiger partial charge in [-0.25, -0.2) is 4.98 Å². The molecule has 1 saturated heterocycles. The highest BCUT2D eigenvalue weighted by Crippen LogP contribution is 2.43. The second-order valence-electron chi connectivity index (χ2n) is 8.64. The van der Waals surface area contributed by atoms with Crippen LogP contribution in [0.5, 0.6) is 0 Å². The van der Waals surface area contributed by atoms with Gasteiger partial charge in [-0.15, -0.1) is 0 Å². The molecule has 1 unspecified atom stereocenters. The van der Waals surface area contributed by atoms with Gasteiger partial charge in [-0.05, 0) is 32.6 Å². The standard InChI is InChI=1S/C20H31N3O3/c1-5-26-12-8-15(24)23-11-6-9-20(13-23)10-7-14-16(20)21-18(19(2,3)4)22-17(14)25/h5-13H2,1-4H3,(H,21,22,25). The van der Waals surface area contributed by atoms with Gasteiger partial charge in [-0.1, -0.05) is 20.8 Å². The maximum Gasteiger partial charge on any atom is 0.254 e. The zero-order chi connectivity index (χ0) is 18.9. The van der Waals surface area contributed by atoms with Crippen molar-refractivity contribution in [3.63, 3.8) is 0 Å². The van der Waals surface area contributed by atoms with Crippen LogP contribution in [0.1, 0.15) is 70.5 Å². The first-order valence-corrected chi connectivity index (χ1v) is 9.76. The summed E-state index contributed by atoms with van der Waals surface area (Å²) in [5.41, 5.74) is 1.38. The van der Waals surface area contributed by atoms with Crippen molar-refractivity contribution in [3.8, 4) is 0 Å². The van der Waals surface area contributed by atoms with E-state index in [1.54, 1.807) is 0 Å². The molecule has 0 bridgehead atoms. The molecule has 0 radical (unpaired) electrons. The van der Waals surface area contributed by atoms with Crippen molar-refractivity contribution in [1.82, 2.24) is 14.9 Å². The molecule has 2 heterocycles. The Balaban J connectivity index is 1.87. The third-order valence-corrected chi connectivity index (χ3v) is 5.68. The third kappa shape index (κ3) is 3.56. The van der Waals surface area contributed by atoms with E-state index in [9.17, 15) is 9.59 Å². The number of amides is 1. The summed E-state index contributed by atoms with van der Waals surface area (Å²) in [6.07, 6.45) is 4.03. The average molecular weight is 361 g/mol. The number of carbonyl (C=O) groups is 1. The fraction of sp³-hybridized carbons (Fsp3) is 0.750. The largest absolute Gasteiger partial charge is 0.381 e. The number of nitrogens with one attached hydrogen (secondary N) is 1. The van der Waals surface area contributed by atoms with Crippen LogP contribution in [0.15, 0.2) is 4.79 Å². The van der Waals surface area contributed by atoms with Crippen LogP contribution in [0.25, 0.3) is 0 Å². The number of ether oxygens (including phenoxy) is 1. The Kier molecular flexibility index (Phi) is 5.24. The SMILES string of the molecule is CCOCCC(=O)N1CCCC2(CCc3c2nc(C(C)(C)C)[nH]c3=O)C1. The minimum atomic E-state index is -0.209. The first-order chi connectivity index (χ1) is 12.3. The smallest absolute Gasteiger partial charge is 0.254 e. The monoisotopic (exact) mass is 361 g/mol. The van der Waals surface area contributed by atoms with Crippen LogP contribution in [0.2, 0.25) is 0 Å². The van der Waals surface area contributed by atoms with E-state index in [-0.39, 0.29) is 22.3 Å². The van der Waals surface area contributed by atoms with Crippen LogP contribution >= 0.6 is 0 Å². The predicted molar refractivity (Wildman–Crippen MR) is 100 cm³/mol. The quantitative estimate of drug-likeness (QED) is 0.835. The van der Waals surface area contributed by atoms with Crippen molar-refractivity contribution in [2.75, 3.05) is 26.3 Å². The van der Waals surface area contributed by atoms with Crippen LogP contribution in [0.4, 0.5) is 0 Å². The van der Waals surface area contributed by atoms with E-state index in [1.165, 1.54) is 0 Å². The Morgan fingerprint density at radius 1 is 1.35 bits per heavy atom. The summed E-state index contributed by atoms with van der Waals surface area (Å²) in [4.78, 5) is 35.0. The second-order valence-corrected chi connectivity index (χ2v) is 8.64.